The van der Waals surface area contributed by atoms with Gasteiger partial charge in [0, 0.05) is 44.2 Å². The minimum atomic E-state index is -0.271. The predicted molar refractivity (Wildman–Crippen MR) is 117 cm³/mol. The Kier molecular flexibility index (Phi) is 6.64. The number of carbonyl (C=O) groups excluding carboxylic acids is 1. The zero-order valence-electron chi connectivity index (χ0n) is 17.6. The van der Waals surface area contributed by atoms with Crippen LogP contribution in [0.5, 0.6) is 5.75 Å². The number of aromatic hydroxyl groups is 1. The molecule has 1 amide bonds. The summed E-state index contributed by atoms with van der Waals surface area (Å²) in [4.78, 5) is 14.3. The average molecular weight is 421 g/mol. The molecule has 7 heteroatoms. The second kappa shape index (κ2) is 9.76. The Labute approximate surface area is 181 Å². The summed E-state index contributed by atoms with van der Waals surface area (Å²) in [6.45, 7) is 6.81. The Morgan fingerprint density at radius 2 is 1.84 bits per heavy atom. The highest BCUT2D eigenvalue weighted by molar-refractivity contribution is 5.92. The van der Waals surface area contributed by atoms with E-state index >= 15 is 0 Å². The van der Waals surface area contributed by atoms with Crippen LogP contribution in [-0.4, -0.2) is 53.9 Å². The molecule has 0 atom stereocenters. The summed E-state index contributed by atoms with van der Waals surface area (Å²) in [5, 5.41) is 16.8. The van der Waals surface area contributed by atoms with Crippen molar-refractivity contribution in [3.63, 3.8) is 0 Å². The van der Waals surface area contributed by atoms with Crippen LogP contribution in [0.25, 0.3) is 11.1 Å². The number of benzene rings is 2. The van der Waals surface area contributed by atoms with Gasteiger partial charge in [0.25, 0.3) is 5.91 Å². The molecule has 1 aromatic heterocycles. The van der Waals surface area contributed by atoms with Gasteiger partial charge in [0.15, 0.2) is 5.69 Å². The number of phenolic OH excluding ortho intramolecular Hbond substituents is 1. The molecule has 3 aromatic rings. The molecular formula is C24H27N3O4. The summed E-state index contributed by atoms with van der Waals surface area (Å²) in [7, 11) is 0. The van der Waals surface area contributed by atoms with Crippen LogP contribution in [0.15, 0.2) is 53.1 Å². The van der Waals surface area contributed by atoms with Gasteiger partial charge >= 0.3 is 0 Å². The maximum absolute atomic E-state index is 11.9. The number of rotatable bonds is 7. The number of ether oxygens (including phenoxy) is 1. The molecule has 1 aliphatic heterocycles. The van der Waals surface area contributed by atoms with Crippen molar-refractivity contribution in [1.82, 2.24) is 15.4 Å². The number of hydrogen-bond donors (Lipinski definition) is 2. The lowest BCUT2D eigenvalue weighted by molar-refractivity contribution is 0.0342. The maximum Gasteiger partial charge on any atom is 0.273 e. The molecule has 0 bridgehead atoms. The summed E-state index contributed by atoms with van der Waals surface area (Å²) in [5.74, 6) is 0.436. The molecule has 0 aliphatic carbocycles. The quantitative estimate of drug-likeness (QED) is 0.609. The molecule has 0 saturated carbocycles. The zero-order valence-corrected chi connectivity index (χ0v) is 17.6. The fourth-order valence-corrected chi connectivity index (χ4v) is 3.67. The van der Waals surface area contributed by atoms with Crippen molar-refractivity contribution in [2.75, 3.05) is 32.8 Å². The number of amides is 1. The van der Waals surface area contributed by atoms with Crippen LogP contribution >= 0.6 is 0 Å². The van der Waals surface area contributed by atoms with Gasteiger partial charge in [-0.25, -0.2) is 0 Å². The lowest BCUT2D eigenvalue weighted by Crippen LogP contribution is -2.35. The highest BCUT2D eigenvalue weighted by Gasteiger charge is 2.14. The van der Waals surface area contributed by atoms with Crippen molar-refractivity contribution < 1.29 is 19.2 Å². The Bertz CT molecular complexity index is 1020. The number of hydrogen-bond acceptors (Lipinski definition) is 6. The molecule has 0 radical (unpaired) electrons. The number of nitrogens with zero attached hydrogens (tertiary/aromatic N) is 2. The molecule has 1 saturated heterocycles. The van der Waals surface area contributed by atoms with Gasteiger partial charge in [0.05, 0.1) is 13.2 Å². The molecule has 0 spiro atoms. The zero-order chi connectivity index (χ0) is 21.6. The molecule has 2 heterocycles. The smallest absolute Gasteiger partial charge is 0.273 e. The highest BCUT2D eigenvalue weighted by Crippen LogP contribution is 2.28. The van der Waals surface area contributed by atoms with Gasteiger partial charge < -0.3 is 19.7 Å². The number of morpholine rings is 1. The van der Waals surface area contributed by atoms with Crippen molar-refractivity contribution in [1.29, 1.82) is 0 Å². The first-order valence-electron chi connectivity index (χ1n) is 10.6. The van der Waals surface area contributed by atoms with E-state index in [0.29, 0.717) is 24.3 Å². The van der Waals surface area contributed by atoms with E-state index in [1.807, 2.05) is 19.1 Å². The van der Waals surface area contributed by atoms with Crippen molar-refractivity contribution in [3.05, 3.63) is 71.1 Å². The monoisotopic (exact) mass is 421 g/mol. The van der Waals surface area contributed by atoms with E-state index in [4.69, 9.17) is 9.26 Å². The van der Waals surface area contributed by atoms with Crippen LogP contribution in [-0.2, 0) is 17.7 Å². The third-order valence-electron chi connectivity index (χ3n) is 5.37. The van der Waals surface area contributed by atoms with Gasteiger partial charge in [0.1, 0.15) is 11.5 Å². The second-order valence-electron chi connectivity index (χ2n) is 7.64. The van der Waals surface area contributed by atoms with E-state index in [2.05, 4.69) is 39.6 Å². The van der Waals surface area contributed by atoms with Gasteiger partial charge in [-0.1, -0.05) is 35.5 Å². The van der Waals surface area contributed by atoms with Gasteiger partial charge in [-0.2, -0.15) is 0 Å². The van der Waals surface area contributed by atoms with Crippen molar-refractivity contribution in [2.24, 2.45) is 0 Å². The van der Waals surface area contributed by atoms with Crippen LogP contribution < -0.4 is 5.32 Å². The summed E-state index contributed by atoms with van der Waals surface area (Å²) in [6, 6.07) is 15.6. The Balaban J connectivity index is 1.46. The highest BCUT2D eigenvalue weighted by atomic mass is 16.5. The van der Waals surface area contributed by atoms with Gasteiger partial charge in [-0.05, 0) is 35.7 Å². The van der Waals surface area contributed by atoms with E-state index in [-0.39, 0.29) is 17.4 Å². The fraction of sp³-hybridized carbons (Fsp3) is 0.333. The fourth-order valence-electron chi connectivity index (χ4n) is 3.67. The Hall–Kier alpha value is -3.16. The molecule has 2 N–H and O–H groups in total. The van der Waals surface area contributed by atoms with Crippen LogP contribution in [0.2, 0.25) is 0 Å². The third kappa shape index (κ3) is 5.31. The van der Waals surface area contributed by atoms with Crippen molar-refractivity contribution in [3.8, 4) is 16.9 Å². The molecule has 2 aromatic carbocycles. The van der Waals surface area contributed by atoms with E-state index < -0.39 is 0 Å². The molecule has 31 heavy (non-hydrogen) atoms. The standard InChI is InChI=1S/C24H27N3O4/c1-2-25-24(29)22-15-21(31-26-22)14-20-13-19(7-8-23(20)28)18-5-3-17(4-6-18)16-27-9-11-30-12-10-27/h3-8,13,15,28H,2,9-12,14,16H2,1H3,(H,25,29). The predicted octanol–water partition coefficient (Wildman–Crippen LogP) is 3.22. The van der Waals surface area contributed by atoms with E-state index in [1.54, 1.807) is 12.1 Å². The summed E-state index contributed by atoms with van der Waals surface area (Å²) >= 11 is 0. The van der Waals surface area contributed by atoms with Crippen molar-refractivity contribution >= 4 is 5.91 Å². The summed E-state index contributed by atoms with van der Waals surface area (Å²) in [5.41, 5.74) is 4.31. The largest absolute Gasteiger partial charge is 0.508 e. The van der Waals surface area contributed by atoms with E-state index in [1.165, 1.54) is 5.56 Å². The molecule has 0 unspecified atom stereocenters. The minimum absolute atomic E-state index is 0.184. The molecule has 1 aliphatic rings. The maximum atomic E-state index is 11.9. The Morgan fingerprint density at radius 1 is 1.10 bits per heavy atom. The third-order valence-corrected chi connectivity index (χ3v) is 5.37. The Morgan fingerprint density at radius 3 is 2.58 bits per heavy atom. The van der Waals surface area contributed by atoms with Gasteiger partial charge in [0.2, 0.25) is 0 Å². The molecule has 1 fully saturated rings. The van der Waals surface area contributed by atoms with E-state index in [9.17, 15) is 9.90 Å². The number of carbonyl (C=O) groups is 1. The number of phenols is 1. The van der Waals surface area contributed by atoms with Crippen LogP contribution in [0.3, 0.4) is 0 Å². The molecule has 7 nitrogen and oxygen atoms in total. The lowest BCUT2D eigenvalue weighted by Gasteiger charge is -2.26. The first-order valence-corrected chi connectivity index (χ1v) is 10.6. The van der Waals surface area contributed by atoms with Crippen LogP contribution in [0.1, 0.15) is 34.3 Å². The molecular weight excluding hydrogens is 394 g/mol. The second-order valence-corrected chi connectivity index (χ2v) is 7.64. The SMILES string of the molecule is CCNC(=O)c1cc(Cc2cc(-c3ccc(CN4CCOCC4)cc3)ccc2O)on1. The van der Waals surface area contributed by atoms with Crippen molar-refractivity contribution in [2.45, 2.75) is 19.9 Å². The van der Waals surface area contributed by atoms with Gasteiger partial charge in [-0.15, -0.1) is 0 Å². The lowest BCUT2D eigenvalue weighted by atomic mass is 9.99. The van der Waals surface area contributed by atoms with Crippen LogP contribution in [0.4, 0.5) is 0 Å². The van der Waals surface area contributed by atoms with Crippen LogP contribution in [0, 0.1) is 0 Å². The normalized spacial score (nSPS) is 14.5. The number of nitrogens with one attached hydrogen (secondary N) is 1. The summed E-state index contributed by atoms with van der Waals surface area (Å²) < 4.78 is 10.7. The van der Waals surface area contributed by atoms with E-state index in [0.717, 1.165) is 44.0 Å². The van der Waals surface area contributed by atoms with Gasteiger partial charge in [-0.3, -0.25) is 9.69 Å². The summed E-state index contributed by atoms with van der Waals surface area (Å²) in [6.07, 6.45) is 0.348. The first kappa shape index (κ1) is 21.1. The first-order chi connectivity index (χ1) is 15.1. The molecule has 4 rings (SSSR count). The molecule has 162 valence electrons. The topological polar surface area (TPSA) is 87.8 Å². The minimum Gasteiger partial charge on any atom is -0.508 e. The number of aromatic nitrogens is 1. The average Bonchev–Trinajstić information content (AvgIpc) is 3.26.